The largest absolute Gasteiger partial charge is 0.398 e. The second kappa shape index (κ2) is 5.36. The number of nitrogens with one attached hydrogen (secondary N) is 1. The summed E-state index contributed by atoms with van der Waals surface area (Å²) in [6.07, 6.45) is 5.99. The molecule has 1 aromatic rings. The van der Waals surface area contributed by atoms with E-state index in [-0.39, 0.29) is 6.10 Å². The topological polar surface area (TPSA) is 71.2 Å². The van der Waals surface area contributed by atoms with Crippen molar-refractivity contribution in [3.8, 4) is 0 Å². The van der Waals surface area contributed by atoms with Crippen molar-refractivity contribution in [1.82, 2.24) is 4.98 Å². The number of aliphatic hydroxyl groups excluding tert-OH is 1. The molecule has 1 fully saturated rings. The molecule has 1 aromatic heterocycles. The molecule has 1 aliphatic rings. The van der Waals surface area contributed by atoms with Gasteiger partial charge < -0.3 is 16.2 Å². The van der Waals surface area contributed by atoms with Crippen LogP contribution in [0.4, 0.5) is 11.5 Å². The van der Waals surface area contributed by atoms with Gasteiger partial charge in [-0.15, -0.1) is 0 Å². The summed E-state index contributed by atoms with van der Waals surface area (Å²) < 4.78 is 0. The number of rotatable bonds is 3. The minimum atomic E-state index is -0.168. The van der Waals surface area contributed by atoms with Crippen molar-refractivity contribution in [2.24, 2.45) is 5.92 Å². The van der Waals surface area contributed by atoms with Crippen molar-refractivity contribution in [1.29, 1.82) is 0 Å². The maximum atomic E-state index is 9.86. The standard InChI is InChI=1S/C13H21N3O/c1-9-7-15-13(6-11(9)14)16-8-10-4-2-3-5-12(10)17/h6-7,10,12,17H,2-5,8H2,1H3,(H3,14,15,16). The van der Waals surface area contributed by atoms with Crippen molar-refractivity contribution in [2.45, 2.75) is 38.7 Å². The number of aliphatic hydroxyl groups is 1. The minimum Gasteiger partial charge on any atom is -0.398 e. The number of aryl methyl sites for hydroxylation is 1. The number of nitrogen functional groups attached to an aromatic ring is 1. The van der Waals surface area contributed by atoms with E-state index in [1.165, 1.54) is 6.42 Å². The second-order valence-corrected chi connectivity index (χ2v) is 4.92. The molecule has 2 rings (SSSR count). The number of anilines is 2. The molecular formula is C13H21N3O. The normalized spacial score (nSPS) is 24.6. The smallest absolute Gasteiger partial charge is 0.127 e. The van der Waals surface area contributed by atoms with Gasteiger partial charge in [0.15, 0.2) is 0 Å². The highest BCUT2D eigenvalue weighted by molar-refractivity contribution is 5.53. The van der Waals surface area contributed by atoms with Gasteiger partial charge in [0, 0.05) is 30.4 Å². The van der Waals surface area contributed by atoms with Gasteiger partial charge in [-0.25, -0.2) is 4.98 Å². The van der Waals surface area contributed by atoms with Gasteiger partial charge in [0.2, 0.25) is 0 Å². The first-order valence-electron chi connectivity index (χ1n) is 6.31. The van der Waals surface area contributed by atoms with Crippen LogP contribution in [0.15, 0.2) is 12.3 Å². The predicted octanol–water partition coefficient (Wildman–Crippen LogP) is 1.94. The van der Waals surface area contributed by atoms with Gasteiger partial charge in [0.05, 0.1) is 6.10 Å². The molecule has 17 heavy (non-hydrogen) atoms. The lowest BCUT2D eigenvalue weighted by molar-refractivity contribution is 0.0763. The highest BCUT2D eigenvalue weighted by atomic mass is 16.3. The van der Waals surface area contributed by atoms with Crippen LogP contribution in [0.1, 0.15) is 31.2 Å². The molecule has 94 valence electrons. The third kappa shape index (κ3) is 3.09. The first-order valence-corrected chi connectivity index (χ1v) is 6.31. The molecule has 0 saturated heterocycles. The quantitative estimate of drug-likeness (QED) is 0.748. The Hall–Kier alpha value is -1.29. The summed E-state index contributed by atoms with van der Waals surface area (Å²) in [5.41, 5.74) is 7.58. The van der Waals surface area contributed by atoms with Crippen molar-refractivity contribution >= 4 is 11.5 Å². The Morgan fingerprint density at radius 2 is 2.24 bits per heavy atom. The Labute approximate surface area is 102 Å². The molecule has 1 heterocycles. The first-order chi connectivity index (χ1) is 8.16. The summed E-state index contributed by atoms with van der Waals surface area (Å²) in [5.74, 6) is 1.14. The van der Waals surface area contributed by atoms with E-state index in [1.807, 2.05) is 13.0 Å². The number of hydrogen-bond donors (Lipinski definition) is 3. The summed E-state index contributed by atoms with van der Waals surface area (Å²) in [4.78, 5) is 4.28. The number of aromatic nitrogens is 1. The van der Waals surface area contributed by atoms with Crippen molar-refractivity contribution in [2.75, 3.05) is 17.6 Å². The minimum absolute atomic E-state index is 0.168. The van der Waals surface area contributed by atoms with Gasteiger partial charge in [-0.2, -0.15) is 0 Å². The summed E-state index contributed by atoms with van der Waals surface area (Å²) >= 11 is 0. The Bertz CT molecular complexity index is 381. The summed E-state index contributed by atoms with van der Waals surface area (Å²) in [7, 11) is 0. The van der Waals surface area contributed by atoms with Gasteiger partial charge in [-0.1, -0.05) is 12.8 Å². The molecule has 0 spiro atoms. The van der Waals surface area contributed by atoms with Gasteiger partial charge in [0.25, 0.3) is 0 Å². The molecule has 0 bridgehead atoms. The van der Waals surface area contributed by atoms with E-state index in [0.29, 0.717) is 5.92 Å². The fraction of sp³-hybridized carbons (Fsp3) is 0.615. The maximum absolute atomic E-state index is 9.86. The zero-order valence-corrected chi connectivity index (χ0v) is 10.3. The average molecular weight is 235 g/mol. The Balaban J connectivity index is 1.90. The van der Waals surface area contributed by atoms with Crippen LogP contribution in [0.3, 0.4) is 0 Å². The van der Waals surface area contributed by atoms with Gasteiger partial charge in [-0.3, -0.25) is 0 Å². The van der Waals surface area contributed by atoms with E-state index in [2.05, 4.69) is 10.3 Å². The van der Waals surface area contributed by atoms with Gasteiger partial charge in [-0.05, 0) is 25.3 Å². The van der Waals surface area contributed by atoms with Crippen molar-refractivity contribution in [3.63, 3.8) is 0 Å². The highest BCUT2D eigenvalue weighted by Gasteiger charge is 2.22. The fourth-order valence-corrected chi connectivity index (χ4v) is 2.30. The molecule has 2 atom stereocenters. The van der Waals surface area contributed by atoms with Crippen LogP contribution < -0.4 is 11.1 Å². The van der Waals surface area contributed by atoms with E-state index in [4.69, 9.17) is 5.73 Å². The molecule has 1 saturated carbocycles. The van der Waals surface area contributed by atoms with Crippen LogP contribution in [0.25, 0.3) is 0 Å². The number of hydrogen-bond acceptors (Lipinski definition) is 4. The molecule has 0 amide bonds. The highest BCUT2D eigenvalue weighted by Crippen LogP contribution is 2.24. The van der Waals surface area contributed by atoms with E-state index < -0.39 is 0 Å². The SMILES string of the molecule is Cc1cnc(NCC2CCCCC2O)cc1N. The van der Waals surface area contributed by atoms with E-state index in [0.717, 1.165) is 42.9 Å². The third-order valence-corrected chi connectivity index (χ3v) is 3.56. The molecule has 4 N–H and O–H groups in total. The fourth-order valence-electron chi connectivity index (χ4n) is 2.30. The molecule has 0 radical (unpaired) electrons. The third-order valence-electron chi connectivity index (χ3n) is 3.56. The average Bonchev–Trinajstić information content (AvgIpc) is 2.32. The van der Waals surface area contributed by atoms with E-state index in [1.54, 1.807) is 6.20 Å². The molecule has 1 aliphatic carbocycles. The molecular weight excluding hydrogens is 214 g/mol. The summed E-state index contributed by atoms with van der Waals surface area (Å²) in [5, 5.41) is 13.1. The molecule has 0 aromatic carbocycles. The predicted molar refractivity (Wildman–Crippen MR) is 69.8 cm³/mol. The zero-order valence-electron chi connectivity index (χ0n) is 10.3. The van der Waals surface area contributed by atoms with Gasteiger partial charge in [0.1, 0.15) is 5.82 Å². The lowest BCUT2D eigenvalue weighted by Crippen LogP contribution is -2.30. The zero-order chi connectivity index (χ0) is 12.3. The van der Waals surface area contributed by atoms with Crippen molar-refractivity contribution in [3.05, 3.63) is 17.8 Å². The summed E-state index contributed by atoms with van der Waals surface area (Å²) in [6, 6.07) is 1.85. The number of pyridine rings is 1. The molecule has 2 unspecified atom stereocenters. The monoisotopic (exact) mass is 235 g/mol. The molecule has 0 aliphatic heterocycles. The lowest BCUT2D eigenvalue weighted by Gasteiger charge is -2.27. The Kier molecular flexibility index (Phi) is 3.84. The lowest BCUT2D eigenvalue weighted by atomic mass is 9.86. The van der Waals surface area contributed by atoms with Crippen LogP contribution >= 0.6 is 0 Å². The van der Waals surface area contributed by atoms with Crippen LogP contribution in [0.5, 0.6) is 0 Å². The van der Waals surface area contributed by atoms with Crippen LogP contribution in [0.2, 0.25) is 0 Å². The Morgan fingerprint density at radius 1 is 1.47 bits per heavy atom. The van der Waals surface area contributed by atoms with Crippen LogP contribution in [-0.4, -0.2) is 22.7 Å². The van der Waals surface area contributed by atoms with Crippen LogP contribution in [-0.2, 0) is 0 Å². The number of nitrogens with zero attached hydrogens (tertiary/aromatic N) is 1. The van der Waals surface area contributed by atoms with E-state index >= 15 is 0 Å². The molecule has 4 heteroatoms. The van der Waals surface area contributed by atoms with E-state index in [9.17, 15) is 5.11 Å². The maximum Gasteiger partial charge on any atom is 0.127 e. The van der Waals surface area contributed by atoms with Gasteiger partial charge >= 0.3 is 0 Å². The van der Waals surface area contributed by atoms with Crippen LogP contribution in [0, 0.1) is 12.8 Å². The Morgan fingerprint density at radius 3 is 2.94 bits per heavy atom. The molecule has 4 nitrogen and oxygen atoms in total. The first kappa shape index (κ1) is 12.2. The summed E-state index contributed by atoms with van der Waals surface area (Å²) in [6.45, 7) is 2.72. The number of nitrogens with two attached hydrogens (primary N) is 1. The second-order valence-electron chi connectivity index (χ2n) is 4.92. The van der Waals surface area contributed by atoms with Crippen molar-refractivity contribution < 1.29 is 5.11 Å².